The molecule has 136 valence electrons. The first-order valence-electron chi connectivity index (χ1n) is 7.80. The second kappa shape index (κ2) is 6.55. The van der Waals surface area contributed by atoms with Gasteiger partial charge in [-0.15, -0.1) is 0 Å². The fraction of sp³-hybridized carbons (Fsp3) is 0.0556. The summed E-state index contributed by atoms with van der Waals surface area (Å²) >= 11 is 5.92. The average molecular weight is 390 g/mol. The van der Waals surface area contributed by atoms with E-state index in [0.717, 1.165) is 17.8 Å². The number of fused-ring (bicyclic) bond motifs is 1. The predicted molar refractivity (Wildman–Crippen MR) is 96.4 cm³/mol. The summed E-state index contributed by atoms with van der Waals surface area (Å²) in [6.45, 7) is 0. The van der Waals surface area contributed by atoms with Gasteiger partial charge in [-0.25, -0.2) is 15.0 Å². The number of imidazole rings is 1. The fourth-order valence-electron chi connectivity index (χ4n) is 2.60. The van der Waals surface area contributed by atoms with Crippen LogP contribution >= 0.6 is 11.6 Å². The van der Waals surface area contributed by atoms with E-state index in [4.69, 9.17) is 11.6 Å². The maximum atomic E-state index is 12.7. The Kier molecular flexibility index (Phi) is 4.19. The molecule has 0 amide bonds. The number of anilines is 2. The monoisotopic (exact) mass is 389 g/mol. The number of aromatic nitrogens is 4. The molecule has 0 atom stereocenters. The van der Waals surface area contributed by atoms with Crippen molar-refractivity contribution in [2.24, 2.45) is 0 Å². The minimum absolute atomic E-state index is 0.396. The third kappa shape index (κ3) is 3.43. The molecule has 0 aliphatic rings. The van der Waals surface area contributed by atoms with Crippen molar-refractivity contribution in [2.45, 2.75) is 6.18 Å². The highest BCUT2D eigenvalue weighted by atomic mass is 35.5. The standard InChI is InChI=1S/C18H11ClF3N5/c19-12-3-7-14(8-4-12)27-10-25-15-16(23-9-24-17(15)27)26-13-5-1-11(2-6-13)18(20,21)22/h1-10H,(H,23,24,26). The number of alkyl halides is 3. The van der Waals surface area contributed by atoms with Gasteiger partial charge in [0.1, 0.15) is 12.7 Å². The number of rotatable bonds is 3. The van der Waals surface area contributed by atoms with Gasteiger partial charge in [-0.2, -0.15) is 13.2 Å². The van der Waals surface area contributed by atoms with Crippen LogP contribution in [0, 0.1) is 0 Å². The van der Waals surface area contributed by atoms with Crippen molar-refractivity contribution in [3.8, 4) is 5.69 Å². The van der Waals surface area contributed by atoms with Gasteiger partial charge in [0.15, 0.2) is 17.0 Å². The first-order valence-corrected chi connectivity index (χ1v) is 8.18. The number of hydrogen-bond acceptors (Lipinski definition) is 4. The van der Waals surface area contributed by atoms with Crippen molar-refractivity contribution < 1.29 is 13.2 Å². The predicted octanol–water partition coefficient (Wildman–Crippen LogP) is 5.23. The summed E-state index contributed by atoms with van der Waals surface area (Å²) in [5.74, 6) is 0.396. The molecule has 0 saturated carbocycles. The zero-order chi connectivity index (χ0) is 19.0. The topological polar surface area (TPSA) is 55.6 Å². The normalized spacial score (nSPS) is 11.7. The van der Waals surface area contributed by atoms with E-state index in [9.17, 15) is 13.2 Å². The Morgan fingerprint density at radius 1 is 0.889 bits per heavy atom. The third-order valence-corrected chi connectivity index (χ3v) is 4.17. The van der Waals surface area contributed by atoms with Gasteiger partial charge in [0.2, 0.25) is 0 Å². The van der Waals surface area contributed by atoms with Crippen LogP contribution in [0.25, 0.3) is 16.9 Å². The van der Waals surface area contributed by atoms with Crippen LogP contribution < -0.4 is 5.32 Å². The number of nitrogens with zero attached hydrogens (tertiary/aromatic N) is 4. The molecule has 0 aliphatic heterocycles. The molecule has 2 aromatic carbocycles. The van der Waals surface area contributed by atoms with Gasteiger partial charge in [0.25, 0.3) is 0 Å². The Balaban J connectivity index is 1.68. The minimum atomic E-state index is -4.38. The maximum Gasteiger partial charge on any atom is 0.416 e. The lowest BCUT2D eigenvalue weighted by atomic mass is 10.2. The number of benzene rings is 2. The molecule has 0 saturated heterocycles. The molecule has 0 radical (unpaired) electrons. The van der Waals surface area contributed by atoms with Crippen LogP contribution in [0.4, 0.5) is 24.7 Å². The summed E-state index contributed by atoms with van der Waals surface area (Å²) < 4.78 is 39.8. The summed E-state index contributed by atoms with van der Waals surface area (Å²) in [7, 11) is 0. The molecule has 0 fully saturated rings. The van der Waals surface area contributed by atoms with Crippen molar-refractivity contribution in [2.75, 3.05) is 5.32 Å². The second-order valence-corrected chi connectivity index (χ2v) is 6.12. The van der Waals surface area contributed by atoms with Crippen molar-refractivity contribution in [3.63, 3.8) is 0 Å². The van der Waals surface area contributed by atoms with Crippen LogP contribution in [0.2, 0.25) is 5.02 Å². The van der Waals surface area contributed by atoms with Crippen molar-refractivity contribution in [1.82, 2.24) is 19.5 Å². The van der Waals surface area contributed by atoms with Gasteiger partial charge in [0, 0.05) is 16.4 Å². The average Bonchev–Trinajstić information content (AvgIpc) is 3.07. The number of hydrogen-bond donors (Lipinski definition) is 1. The highest BCUT2D eigenvalue weighted by Crippen LogP contribution is 2.31. The van der Waals surface area contributed by atoms with E-state index in [1.54, 1.807) is 23.0 Å². The van der Waals surface area contributed by atoms with E-state index in [-0.39, 0.29) is 0 Å². The smallest absolute Gasteiger partial charge is 0.338 e. The molecule has 4 aromatic rings. The third-order valence-electron chi connectivity index (χ3n) is 3.91. The molecule has 5 nitrogen and oxygen atoms in total. The lowest BCUT2D eigenvalue weighted by molar-refractivity contribution is -0.137. The maximum absolute atomic E-state index is 12.7. The summed E-state index contributed by atoms with van der Waals surface area (Å²) in [5.41, 5.74) is 1.62. The van der Waals surface area contributed by atoms with Crippen molar-refractivity contribution in [3.05, 3.63) is 71.8 Å². The highest BCUT2D eigenvalue weighted by molar-refractivity contribution is 6.30. The van der Waals surface area contributed by atoms with E-state index in [1.165, 1.54) is 18.5 Å². The van der Waals surface area contributed by atoms with Crippen LogP contribution in [0.5, 0.6) is 0 Å². The Bertz CT molecular complexity index is 1090. The summed E-state index contributed by atoms with van der Waals surface area (Å²) in [6.07, 6.45) is -1.42. The quantitative estimate of drug-likeness (QED) is 0.521. The SMILES string of the molecule is FC(F)(F)c1ccc(Nc2ncnc3c2ncn3-c2ccc(Cl)cc2)cc1. The minimum Gasteiger partial charge on any atom is -0.338 e. The van der Waals surface area contributed by atoms with Crippen LogP contribution in [0.15, 0.2) is 61.2 Å². The zero-order valence-corrected chi connectivity index (χ0v) is 14.3. The lowest BCUT2D eigenvalue weighted by Gasteiger charge is -2.09. The van der Waals surface area contributed by atoms with Crippen LogP contribution in [0.1, 0.15) is 5.56 Å². The highest BCUT2D eigenvalue weighted by Gasteiger charge is 2.30. The Labute approximate surface area is 156 Å². The molecule has 0 unspecified atom stereocenters. The van der Waals surface area contributed by atoms with Gasteiger partial charge in [-0.05, 0) is 48.5 Å². The molecule has 4 rings (SSSR count). The summed E-state index contributed by atoms with van der Waals surface area (Å²) in [4.78, 5) is 12.7. The summed E-state index contributed by atoms with van der Waals surface area (Å²) in [6, 6.07) is 11.9. The van der Waals surface area contributed by atoms with Crippen LogP contribution in [0.3, 0.4) is 0 Å². The molecule has 27 heavy (non-hydrogen) atoms. The molecular formula is C18H11ClF3N5. The summed E-state index contributed by atoms with van der Waals surface area (Å²) in [5, 5.41) is 3.60. The molecule has 0 aliphatic carbocycles. The van der Waals surface area contributed by atoms with Crippen LogP contribution in [-0.2, 0) is 6.18 Å². The van der Waals surface area contributed by atoms with E-state index < -0.39 is 11.7 Å². The Morgan fingerprint density at radius 2 is 1.59 bits per heavy atom. The molecule has 1 N–H and O–H groups in total. The molecule has 0 bridgehead atoms. The van der Waals surface area contributed by atoms with Crippen LogP contribution in [-0.4, -0.2) is 19.5 Å². The molecule has 2 heterocycles. The first-order chi connectivity index (χ1) is 12.9. The fourth-order valence-corrected chi connectivity index (χ4v) is 2.72. The molecular weight excluding hydrogens is 379 g/mol. The molecule has 2 aromatic heterocycles. The van der Waals surface area contributed by atoms with Gasteiger partial charge in [-0.3, -0.25) is 4.57 Å². The van der Waals surface area contributed by atoms with Gasteiger partial charge < -0.3 is 5.32 Å². The Morgan fingerprint density at radius 3 is 2.26 bits per heavy atom. The first kappa shape index (κ1) is 17.3. The van der Waals surface area contributed by atoms with Gasteiger partial charge in [0.05, 0.1) is 5.56 Å². The largest absolute Gasteiger partial charge is 0.416 e. The van der Waals surface area contributed by atoms with E-state index >= 15 is 0 Å². The van der Waals surface area contributed by atoms with E-state index in [0.29, 0.717) is 27.7 Å². The van der Waals surface area contributed by atoms with Crippen molar-refractivity contribution >= 4 is 34.3 Å². The van der Waals surface area contributed by atoms with E-state index in [1.807, 2.05) is 12.1 Å². The Hall–Kier alpha value is -3.13. The lowest BCUT2D eigenvalue weighted by Crippen LogP contribution is -2.04. The van der Waals surface area contributed by atoms with Gasteiger partial charge in [-0.1, -0.05) is 11.6 Å². The molecule has 0 spiro atoms. The number of halogens is 4. The molecule has 9 heteroatoms. The zero-order valence-electron chi connectivity index (χ0n) is 13.6. The number of nitrogens with one attached hydrogen (secondary N) is 1. The van der Waals surface area contributed by atoms with Crippen molar-refractivity contribution in [1.29, 1.82) is 0 Å². The van der Waals surface area contributed by atoms with Gasteiger partial charge >= 0.3 is 6.18 Å². The van der Waals surface area contributed by atoms with E-state index in [2.05, 4.69) is 20.3 Å². The second-order valence-electron chi connectivity index (χ2n) is 5.69.